The summed E-state index contributed by atoms with van der Waals surface area (Å²) in [5.74, 6) is 0. The molecule has 0 aromatic heterocycles. The van der Waals surface area contributed by atoms with E-state index in [1.165, 1.54) is 0 Å². The zero-order valence-electron chi connectivity index (χ0n) is 4.93. The summed E-state index contributed by atoms with van der Waals surface area (Å²) in [6.45, 7) is 0. The lowest BCUT2D eigenvalue weighted by Gasteiger charge is -2.23. The average Bonchev–Trinajstić information content (AvgIpc) is 1.52. The molecule has 0 aromatic carbocycles. The zero-order chi connectivity index (χ0) is 10.2. The standard InChI is InChI=1S/C3Cl3F5O/c4-1(7,8)2(9,10)12-3(5,6)11. The molecule has 0 fully saturated rings. The van der Waals surface area contributed by atoms with Crippen molar-refractivity contribution >= 4 is 34.8 Å². The van der Waals surface area contributed by atoms with E-state index in [2.05, 4.69) is 39.5 Å². The largest absolute Gasteiger partial charge is 0.439 e. The van der Waals surface area contributed by atoms with Crippen LogP contribution in [0.5, 0.6) is 0 Å². The lowest BCUT2D eigenvalue weighted by molar-refractivity contribution is -0.345. The zero-order valence-corrected chi connectivity index (χ0v) is 7.20. The summed E-state index contributed by atoms with van der Waals surface area (Å²) in [5, 5.41) is -5.09. The molecular formula is C3Cl3F5O. The van der Waals surface area contributed by atoms with Gasteiger partial charge in [-0.3, -0.25) is 0 Å². The van der Waals surface area contributed by atoms with Gasteiger partial charge in [0.2, 0.25) is 0 Å². The second kappa shape index (κ2) is 3.32. The molecule has 0 spiro atoms. The lowest BCUT2D eigenvalue weighted by atomic mass is 10.6. The van der Waals surface area contributed by atoms with E-state index >= 15 is 0 Å². The molecule has 0 unspecified atom stereocenters. The summed E-state index contributed by atoms with van der Waals surface area (Å²) < 4.78 is 57.7. The number of hydrogen-bond donors (Lipinski definition) is 0. The highest BCUT2D eigenvalue weighted by atomic mass is 35.5. The Bertz CT molecular complexity index is 160. The summed E-state index contributed by atoms with van der Waals surface area (Å²) >= 11 is 12.3. The van der Waals surface area contributed by atoms with E-state index in [0.29, 0.717) is 0 Å². The molecule has 0 bridgehead atoms. The lowest BCUT2D eigenvalue weighted by Crippen LogP contribution is -2.41. The second-order valence-electron chi connectivity index (χ2n) is 1.56. The highest BCUT2D eigenvalue weighted by molar-refractivity contribution is 6.45. The fraction of sp³-hybridized carbons (Fsp3) is 1.00. The summed E-state index contributed by atoms with van der Waals surface area (Å²) in [6, 6.07) is 0. The van der Waals surface area contributed by atoms with Gasteiger partial charge in [0.1, 0.15) is 0 Å². The molecule has 74 valence electrons. The molecule has 0 saturated carbocycles. The van der Waals surface area contributed by atoms with Crippen LogP contribution in [-0.4, -0.2) is 16.3 Å². The van der Waals surface area contributed by atoms with Crippen molar-refractivity contribution < 1.29 is 26.7 Å². The smallest absolute Gasteiger partial charge is 0.250 e. The van der Waals surface area contributed by atoms with E-state index in [4.69, 9.17) is 0 Å². The molecule has 0 N–H and O–H groups in total. The molecule has 12 heavy (non-hydrogen) atoms. The van der Waals surface area contributed by atoms with E-state index in [1.807, 2.05) is 0 Å². The predicted octanol–water partition coefficient (Wildman–Crippen LogP) is 3.49. The molecule has 0 aliphatic rings. The van der Waals surface area contributed by atoms with Gasteiger partial charge in [-0.2, -0.15) is 22.0 Å². The fourth-order valence-electron chi connectivity index (χ4n) is 0.203. The quantitative estimate of drug-likeness (QED) is 0.552. The van der Waals surface area contributed by atoms with E-state index < -0.39 is 16.3 Å². The molecule has 0 atom stereocenters. The van der Waals surface area contributed by atoms with E-state index in [-0.39, 0.29) is 0 Å². The Hall–Kier alpha value is 0.480. The Kier molecular flexibility index (Phi) is 3.46. The van der Waals surface area contributed by atoms with Crippen LogP contribution in [0.4, 0.5) is 22.0 Å². The third kappa shape index (κ3) is 3.93. The average molecular weight is 253 g/mol. The van der Waals surface area contributed by atoms with Crippen molar-refractivity contribution in [3.8, 4) is 0 Å². The third-order valence-electron chi connectivity index (χ3n) is 0.574. The summed E-state index contributed by atoms with van der Waals surface area (Å²) in [6.07, 6.45) is -5.28. The van der Waals surface area contributed by atoms with Crippen molar-refractivity contribution in [2.45, 2.75) is 16.3 Å². The normalized spacial score (nSPS) is 15.0. The van der Waals surface area contributed by atoms with Crippen molar-refractivity contribution in [2.75, 3.05) is 0 Å². The topological polar surface area (TPSA) is 9.23 Å². The van der Waals surface area contributed by atoms with Crippen LogP contribution in [0.25, 0.3) is 0 Å². The van der Waals surface area contributed by atoms with Crippen LogP contribution in [0, 0.1) is 0 Å². The number of halogens is 8. The maximum absolute atomic E-state index is 11.9. The van der Waals surface area contributed by atoms with Gasteiger partial charge in [0.25, 0.3) is 0 Å². The van der Waals surface area contributed by atoms with E-state index in [9.17, 15) is 22.0 Å². The molecule has 0 heterocycles. The fourth-order valence-corrected chi connectivity index (χ4v) is 0.436. The van der Waals surface area contributed by atoms with Gasteiger partial charge in [0.15, 0.2) is 0 Å². The van der Waals surface area contributed by atoms with Crippen LogP contribution < -0.4 is 0 Å². The molecule has 0 aliphatic carbocycles. The molecular weight excluding hydrogens is 253 g/mol. The van der Waals surface area contributed by atoms with Gasteiger partial charge in [-0.15, -0.1) is 0 Å². The van der Waals surface area contributed by atoms with Crippen molar-refractivity contribution in [3.05, 3.63) is 0 Å². The predicted molar refractivity (Wildman–Crippen MR) is 32.4 cm³/mol. The molecule has 0 rings (SSSR count). The second-order valence-corrected chi connectivity index (χ2v) is 3.20. The van der Waals surface area contributed by atoms with Gasteiger partial charge in [-0.25, -0.2) is 4.74 Å². The van der Waals surface area contributed by atoms with Crippen LogP contribution in [-0.2, 0) is 4.74 Å². The molecule has 1 nitrogen and oxygen atoms in total. The molecule has 0 saturated heterocycles. The Balaban J connectivity index is 4.44. The van der Waals surface area contributed by atoms with Gasteiger partial charge < -0.3 is 0 Å². The summed E-state index contributed by atoms with van der Waals surface area (Å²) in [5.41, 5.74) is 0. The van der Waals surface area contributed by atoms with Crippen LogP contribution in [0.2, 0.25) is 0 Å². The van der Waals surface area contributed by atoms with Crippen molar-refractivity contribution in [1.82, 2.24) is 0 Å². The van der Waals surface area contributed by atoms with Crippen LogP contribution >= 0.6 is 34.8 Å². The maximum Gasteiger partial charge on any atom is 0.439 e. The first-order chi connectivity index (χ1) is 4.96. The van der Waals surface area contributed by atoms with Crippen LogP contribution in [0.1, 0.15) is 0 Å². The maximum atomic E-state index is 11.9. The highest BCUT2D eigenvalue weighted by Gasteiger charge is 2.60. The molecule has 9 heteroatoms. The first-order valence-electron chi connectivity index (χ1n) is 2.17. The van der Waals surface area contributed by atoms with Crippen molar-refractivity contribution in [2.24, 2.45) is 0 Å². The monoisotopic (exact) mass is 252 g/mol. The first kappa shape index (κ1) is 12.5. The Morgan fingerprint density at radius 2 is 1.17 bits per heavy atom. The number of rotatable bonds is 3. The number of hydrogen-bond acceptors (Lipinski definition) is 1. The van der Waals surface area contributed by atoms with Crippen molar-refractivity contribution in [1.29, 1.82) is 0 Å². The van der Waals surface area contributed by atoms with Crippen LogP contribution in [0.3, 0.4) is 0 Å². The number of alkyl halides is 8. The Morgan fingerprint density at radius 3 is 1.25 bits per heavy atom. The molecule has 0 radical (unpaired) electrons. The van der Waals surface area contributed by atoms with Crippen LogP contribution in [0.15, 0.2) is 0 Å². The molecule has 0 aliphatic heterocycles. The number of ether oxygens (including phenoxy) is 1. The Morgan fingerprint density at radius 1 is 0.833 bits per heavy atom. The van der Waals surface area contributed by atoms with Gasteiger partial charge in [0.05, 0.1) is 0 Å². The van der Waals surface area contributed by atoms with E-state index in [1.54, 1.807) is 0 Å². The first-order valence-corrected chi connectivity index (χ1v) is 3.30. The van der Waals surface area contributed by atoms with Gasteiger partial charge >= 0.3 is 16.3 Å². The SMILES string of the molecule is FC(Cl)(Cl)OC(F)(F)C(F)(F)Cl. The Labute approximate surface area is 78.3 Å². The van der Waals surface area contributed by atoms with Gasteiger partial charge in [-0.05, 0) is 34.8 Å². The third-order valence-corrected chi connectivity index (χ3v) is 0.948. The summed E-state index contributed by atoms with van der Waals surface area (Å²) in [4.78, 5) is 0. The highest BCUT2D eigenvalue weighted by Crippen LogP contribution is 2.43. The van der Waals surface area contributed by atoms with E-state index in [0.717, 1.165) is 0 Å². The molecule has 0 aromatic rings. The summed E-state index contributed by atoms with van der Waals surface area (Å²) in [7, 11) is 0. The minimum atomic E-state index is -5.28. The van der Waals surface area contributed by atoms with Crippen molar-refractivity contribution in [3.63, 3.8) is 0 Å². The van der Waals surface area contributed by atoms with Gasteiger partial charge in [0, 0.05) is 0 Å². The van der Waals surface area contributed by atoms with Gasteiger partial charge in [-0.1, -0.05) is 0 Å². The molecule has 0 amide bonds. The minimum Gasteiger partial charge on any atom is -0.250 e. The minimum absolute atomic E-state index is 2.64.